The molecule has 1 aromatic rings. The number of hydrogen-bond donors (Lipinski definition) is 1. The average Bonchev–Trinajstić information content (AvgIpc) is 2.43. The minimum atomic E-state index is 0. The van der Waals surface area contributed by atoms with Crippen LogP contribution in [-0.2, 0) is 0 Å². The first-order valence-corrected chi connectivity index (χ1v) is 7.10. The molecule has 0 amide bonds. The van der Waals surface area contributed by atoms with E-state index in [9.17, 15) is 0 Å². The van der Waals surface area contributed by atoms with Crippen LogP contribution in [0.1, 0.15) is 13.8 Å². The zero-order valence-electron chi connectivity index (χ0n) is 12.3. The minimum Gasteiger partial charge on any atom is -0.490 e. The summed E-state index contributed by atoms with van der Waals surface area (Å²) in [4.78, 5) is 2.46. The van der Waals surface area contributed by atoms with Gasteiger partial charge in [0.25, 0.3) is 0 Å². The third-order valence-corrected chi connectivity index (χ3v) is 3.42. The topological polar surface area (TPSA) is 33.7 Å². The number of para-hydroxylation sites is 2. The molecule has 1 aromatic carbocycles. The number of nitrogens with zero attached hydrogens (tertiary/aromatic N) is 1. The average molecular weight is 301 g/mol. The molecule has 1 aliphatic heterocycles. The number of nitrogens with one attached hydrogen (secondary N) is 1. The first-order valence-electron chi connectivity index (χ1n) is 7.10. The summed E-state index contributed by atoms with van der Waals surface area (Å²) in [6.07, 6.45) is 0. The number of rotatable bonds is 6. The van der Waals surface area contributed by atoms with E-state index in [1.807, 2.05) is 31.2 Å². The number of halogens is 1. The summed E-state index contributed by atoms with van der Waals surface area (Å²) in [6, 6.07) is 8.44. The van der Waals surface area contributed by atoms with Crippen molar-refractivity contribution < 1.29 is 9.47 Å². The molecule has 1 N–H and O–H groups in total. The highest BCUT2D eigenvalue weighted by atomic mass is 35.5. The van der Waals surface area contributed by atoms with Crippen LogP contribution in [0.3, 0.4) is 0 Å². The largest absolute Gasteiger partial charge is 0.490 e. The van der Waals surface area contributed by atoms with Crippen LogP contribution in [0.25, 0.3) is 0 Å². The van der Waals surface area contributed by atoms with Crippen molar-refractivity contribution in [2.45, 2.75) is 19.9 Å². The van der Waals surface area contributed by atoms with E-state index in [1.165, 1.54) is 0 Å². The van der Waals surface area contributed by atoms with E-state index in [4.69, 9.17) is 9.47 Å². The van der Waals surface area contributed by atoms with Gasteiger partial charge >= 0.3 is 0 Å². The van der Waals surface area contributed by atoms with Gasteiger partial charge in [-0.15, -0.1) is 12.4 Å². The summed E-state index contributed by atoms with van der Waals surface area (Å²) in [6.45, 7) is 9.79. The fourth-order valence-electron chi connectivity index (χ4n) is 2.33. The molecule has 0 bridgehead atoms. The molecule has 4 nitrogen and oxygen atoms in total. The fraction of sp³-hybridized carbons (Fsp3) is 0.600. The summed E-state index contributed by atoms with van der Waals surface area (Å²) in [5.74, 6) is 1.67. The molecule has 0 aliphatic carbocycles. The van der Waals surface area contributed by atoms with Crippen LogP contribution in [0.5, 0.6) is 11.5 Å². The molecule has 1 heterocycles. The van der Waals surface area contributed by atoms with Crippen molar-refractivity contribution in [1.82, 2.24) is 10.2 Å². The Hall–Kier alpha value is -0.970. The quantitative estimate of drug-likeness (QED) is 0.873. The lowest BCUT2D eigenvalue weighted by atomic mass is 10.2. The van der Waals surface area contributed by atoms with E-state index in [0.29, 0.717) is 19.3 Å². The van der Waals surface area contributed by atoms with Crippen molar-refractivity contribution in [2.24, 2.45) is 0 Å². The van der Waals surface area contributed by atoms with Crippen molar-refractivity contribution in [3.63, 3.8) is 0 Å². The standard InChI is InChI=1S/C15H24N2O2.ClH/c1-3-18-14-6-4-5-7-15(14)19-11-10-17-9-8-16-12-13(17)2;/h4-7,13,16H,3,8-12H2,1-2H3;1H/t13-;/m0./s1. The molecule has 0 spiro atoms. The Morgan fingerprint density at radius 2 is 1.95 bits per heavy atom. The Bertz CT molecular complexity index is 390. The van der Waals surface area contributed by atoms with Gasteiger partial charge in [-0.25, -0.2) is 0 Å². The normalized spacial score (nSPS) is 19.2. The second-order valence-electron chi connectivity index (χ2n) is 4.82. The molecule has 1 saturated heterocycles. The molecule has 0 aromatic heterocycles. The van der Waals surface area contributed by atoms with Gasteiger partial charge in [0.1, 0.15) is 6.61 Å². The predicted molar refractivity (Wildman–Crippen MR) is 84.3 cm³/mol. The molecule has 20 heavy (non-hydrogen) atoms. The van der Waals surface area contributed by atoms with Gasteiger partial charge in [0, 0.05) is 32.2 Å². The number of benzene rings is 1. The number of ether oxygens (including phenoxy) is 2. The Morgan fingerprint density at radius 3 is 2.60 bits per heavy atom. The summed E-state index contributed by atoms with van der Waals surface area (Å²) in [7, 11) is 0. The van der Waals surface area contributed by atoms with Gasteiger partial charge in [-0.3, -0.25) is 4.90 Å². The molecular formula is C15H25ClN2O2. The van der Waals surface area contributed by atoms with Crippen LogP contribution in [0.4, 0.5) is 0 Å². The summed E-state index contributed by atoms with van der Waals surface area (Å²) in [5, 5.41) is 3.40. The lowest BCUT2D eigenvalue weighted by Gasteiger charge is -2.33. The van der Waals surface area contributed by atoms with Gasteiger partial charge < -0.3 is 14.8 Å². The van der Waals surface area contributed by atoms with E-state index < -0.39 is 0 Å². The summed E-state index contributed by atoms with van der Waals surface area (Å²) >= 11 is 0. The maximum absolute atomic E-state index is 5.85. The highest BCUT2D eigenvalue weighted by Gasteiger charge is 2.17. The molecule has 0 radical (unpaired) electrons. The van der Waals surface area contributed by atoms with Crippen LogP contribution in [0.15, 0.2) is 24.3 Å². The van der Waals surface area contributed by atoms with Gasteiger partial charge in [-0.1, -0.05) is 12.1 Å². The van der Waals surface area contributed by atoms with Crippen molar-refractivity contribution >= 4 is 12.4 Å². The van der Waals surface area contributed by atoms with Crippen molar-refractivity contribution in [2.75, 3.05) is 39.4 Å². The van der Waals surface area contributed by atoms with Gasteiger partial charge in [-0.05, 0) is 26.0 Å². The van der Waals surface area contributed by atoms with Crippen LogP contribution >= 0.6 is 12.4 Å². The first kappa shape index (κ1) is 17.1. The Kier molecular flexibility index (Phi) is 7.73. The number of hydrogen-bond acceptors (Lipinski definition) is 4. The molecule has 5 heteroatoms. The molecule has 1 fully saturated rings. The lowest BCUT2D eigenvalue weighted by molar-refractivity contribution is 0.141. The molecule has 2 rings (SSSR count). The van der Waals surface area contributed by atoms with Crippen molar-refractivity contribution in [3.05, 3.63) is 24.3 Å². The maximum Gasteiger partial charge on any atom is 0.161 e. The summed E-state index contributed by atoms with van der Waals surface area (Å²) < 4.78 is 11.4. The molecular weight excluding hydrogens is 276 g/mol. The fourth-order valence-corrected chi connectivity index (χ4v) is 2.33. The van der Waals surface area contributed by atoms with Gasteiger partial charge in [0.2, 0.25) is 0 Å². The van der Waals surface area contributed by atoms with E-state index in [2.05, 4.69) is 17.1 Å². The van der Waals surface area contributed by atoms with E-state index in [1.54, 1.807) is 0 Å². The number of piperazine rings is 1. The third-order valence-electron chi connectivity index (χ3n) is 3.42. The van der Waals surface area contributed by atoms with E-state index >= 15 is 0 Å². The zero-order chi connectivity index (χ0) is 13.5. The van der Waals surface area contributed by atoms with Crippen molar-refractivity contribution in [3.8, 4) is 11.5 Å². The molecule has 0 unspecified atom stereocenters. The Balaban J connectivity index is 0.00000200. The first-order chi connectivity index (χ1) is 9.31. The van der Waals surface area contributed by atoms with Gasteiger partial charge in [-0.2, -0.15) is 0 Å². The molecule has 1 atom stereocenters. The second-order valence-corrected chi connectivity index (χ2v) is 4.82. The van der Waals surface area contributed by atoms with Crippen LogP contribution in [0.2, 0.25) is 0 Å². The zero-order valence-corrected chi connectivity index (χ0v) is 13.1. The Labute approximate surface area is 127 Å². The third kappa shape index (κ3) is 4.85. The molecule has 1 aliphatic rings. The highest BCUT2D eigenvalue weighted by Crippen LogP contribution is 2.26. The van der Waals surface area contributed by atoms with Crippen LogP contribution in [-0.4, -0.2) is 50.3 Å². The van der Waals surface area contributed by atoms with Gasteiger partial charge in [0.15, 0.2) is 11.5 Å². The van der Waals surface area contributed by atoms with E-state index in [-0.39, 0.29) is 12.4 Å². The molecule has 114 valence electrons. The molecule has 0 saturated carbocycles. The smallest absolute Gasteiger partial charge is 0.161 e. The highest BCUT2D eigenvalue weighted by molar-refractivity contribution is 5.85. The monoisotopic (exact) mass is 300 g/mol. The van der Waals surface area contributed by atoms with Crippen LogP contribution in [0, 0.1) is 0 Å². The van der Waals surface area contributed by atoms with E-state index in [0.717, 1.165) is 37.7 Å². The van der Waals surface area contributed by atoms with Gasteiger partial charge in [0.05, 0.1) is 6.61 Å². The Morgan fingerprint density at radius 1 is 1.25 bits per heavy atom. The second kappa shape index (κ2) is 9.06. The lowest BCUT2D eigenvalue weighted by Crippen LogP contribution is -2.50. The summed E-state index contributed by atoms with van der Waals surface area (Å²) in [5.41, 5.74) is 0. The maximum atomic E-state index is 5.85. The SMILES string of the molecule is CCOc1ccccc1OCCN1CCNC[C@@H]1C.Cl. The van der Waals surface area contributed by atoms with Crippen LogP contribution < -0.4 is 14.8 Å². The predicted octanol–water partition coefficient (Wildman–Crippen LogP) is 2.18. The van der Waals surface area contributed by atoms with Crippen molar-refractivity contribution in [1.29, 1.82) is 0 Å². The minimum absolute atomic E-state index is 0.